The van der Waals surface area contributed by atoms with Gasteiger partial charge in [-0.25, -0.2) is 4.79 Å². The van der Waals surface area contributed by atoms with Gasteiger partial charge in [0, 0.05) is 4.47 Å². The molecule has 3 rings (SSSR count). The van der Waals surface area contributed by atoms with Crippen LogP contribution in [0.4, 0.5) is 0 Å². The van der Waals surface area contributed by atoms with Crippen molar-refractivity contribution in [3.05, 3.63) is 70.7 Å². The Morgan fingerprint density at radius 2 is 1.67 bits per heavy atom. The van der Waals surface area contributed by atoms with Crippen molar-refractivity contribution in [1.82, 2.24) is 0 Å². The highest BCUT2D eigenvalue weighted by Gasteiger charge is 2.08. The molecule has 0 amide bonds. The Morgan fingerprint density at radius 3 is 2.43 bits per heavy atom. The van der Waals surface area contributed by atoms with Crippen LogP contribution in [0.5, 0.6) is 11.5 Å². The Labute approximate surface area is 129 Å². The molecule has 3 aromatic rings. The van der Waals surface area contributed by atoms with Crippen LogP contribution in [-0.2, 0) is 0 Å². The van der Waals surface area contributed by atoms with Crippen molar-refractivity contribution in [3.8, 4) is 11.5 Å². The maximum Gasteiger partial charge on any atom is 0.335 e. The average Bonchev–Trinajstić information content (AvgIpc) is 2.46. The highest BCUT2D eigenvalue weighted by atomic mass is 79.9. The molecule has 104 valence electrons. The van der Waals surface area contributed by atoms with Gasteiger partial charge in [-0.1, -0.05) is 46.3 Å². The number of hydrogen-bond acceptors (Lipinski definition) is 2. The van der Waals surface area contributed by atoms with Crippen LogP contribution < -0.4 is 4.74 Å². The summed E-state index contributed by atoms with van der Waals surface area (Å²) in [7, 11) is 0. The smallest absolute Gasteiger partial charge is 0.335 e. The van der Waals surface area contributed by atoms with Crippen molar-refractivity contribution >= 4 is 32.7 Å². The number of carboxylic acids is 1. The van der Waals surface area contributed by atoms with E-state index in [1.807, 2.05) is 42.5 Å². The van der Waals surface area contributed by atoms with Gasteiger partial charge in [0.2, 0.25) is 0 Å². The third-order valence-electron chi connectivity index (χ3n) is 3.07. The molecule has 0 fully saturated rings. The predicted octanol–water partition coefficient (Wildman–Crippen LogP) is 5.09. The number of hydrogen-bond donors (Lipinski definition) is 1. The van der Waals surface area contributed by atoms with Crippen molar-refractivity contribution in [3.63, 3.8) is 0 Å². The van der Waals surface area contributed by atoms with Crippen LogP contribution in [-0.4, -0.2) is 11.1 Å². The van der Waals surface area contributed by atoms with Gasteiger partial charge < -0.3 is 9.84 Å². The minimum absolute atomic E-state index is 0.181. The van der Waals surface area contributed by atoms with Crippen LogP contribution in [0.3, 0.4) is 0 Å². The molecular weight excluding hydrogens is 332 g/mol. The molecule has 0 radical (unpaired) electrons. The van der Waals surface area contributed by atoms with Gasteiger partial charge in [-0.3, -0.25) is 0 Å². The zero-order valence-electron chi connectivity index (χ0n) is 10.9. The van der Waals surface area contributed by atoms with Gasteiger partial charge in [0.05, 0.1) is 5.56 Å². The van der Waals surface area contributed by atoms with E-state index in [0.29, 0.717) is 16.0 Å². The summed E-state index contributed by atoms with van der Waals surface area (Å²) in [4.78, 5) is 11.1. The van der Waals surface area contributed by atoms with Gasteiger partial charge in [-0.15, -0.1) is 0 Å². The van der Waals surface area contributed by atoms with Crippen molar-refractivity contribution < 1.29 is 14.6 Å². The number of halogens is 1. The number of benzene rings is 3. The van der Waals surface area contributed by atoms with Gasteiger partial charge in [0.1, 0.15) is 11.5 Å². The highest BCUT2D eigenvalue weighted by Crippen LogP contribution is 2.28. The third-order valence-corrected chi connectivity index (χ3v) is 3.53. The van der Waals surface area contributed by atoms with E-state index in [9.17, 15) is 4.79 Å². The molecular formula is C17H11BrO3. The molecule has 4 heteroatoms. The molecule has 1 N–H and O–H groups in total. The molecule has 0 atom stereocenters. The fourth-order valence-electron chi connectivity index (χ4n) is 2.11. The molecule has 0 aliphatic heterocycles. The zero-order chi connectivity index (χ0) is 14.8. The zero-order valence-corrected chi connectivity index (χ0v) is 12.5. The summed E-state index contributed by atoms with van der Waals surface area (Å²) in [5.74, 6) is 0.167. The van der Waals surface area contributed by atoms with Crippen LogP contribution in [0.25, 0.3) is 10.8 Å². The van der Waals surface area contributed by atoms with E-state index in [-0.39, 0.29) is 5.56 Å². The minimum atomic E-state index is -0.986. The molecule has 0 aliphatic rings. The lowest BCUT2D eigenvalue weighted by molar-refractivity contribution is 0.0696. The molecule has 0 aromatic heterocycles. The Hall–Kier alpha value is -2.33. The Morgan fingerprint density at radius 1 is 0.905 bits per heavy atom. The quantitative estimate of drug-likeness (QED) is 0.720. The van der Waals surface area contributed by atoms with E-state index in [1.54, 1.807) is 6.07 Å². The summed E-state index contributed by atoms with van der Waals surface area (Å²) in [5.41, 5.74) is 0.181. The average molecular weight is 343 g/mol. The lowest BCUT2D eigenvalue weighted by Gasteiger charge is -2.08. The molecule has 0 unspecified atom stereocenters. The first-order valence-corrected chi connectivity index (χ1v) is 7.12. The van der Waals surface area contributed by atoms with Crippen molar-refractivity contribution in [2.75, 3.05) is 0 Å². The summed E-state index contributed by atoms with van der Waals surface area (Å²) in [6.45, 7) is 0. The van der Waals surface area contributed by atoms with Crippen LogP contribution in [0.15, 0.2) is 65.1 Å². The van der Waals surface area contributed by atoms with Crippen molar-refractivity contribution in [1.29, 1.82) is 0 Å². The summed E-state index contributed by atoms with van der Waals surface area (Å²) >= 11 is 3.29. The van der Waals surface area contributed by atoms with Gasteiger partial charge in [-0.2, -0.15) is 0 Å². The Kier molecular flexibility index (Phi) is 3.62. The fourth-order valence-corrected chi connectivity index (χ4v) is 2.58. The van der Waals surface area contributed by atoms with Crippen molar-refractivity contribution in [2.24, 2.45) is 0 Å². The molecule has 0 heterocycles. The Balaban J connectivity index is 1.96. The first kappa shape index (κ1) is 13.6. The number of carboxylic acid groups (broad SMARTS) is 1. The molecule has 0 aliphatic carbocycles. The maximum atomic E-state index is 11.1. The van der Waals surface area contributed by atoms with E-state index < -0.39 is 5.97 Å². The molecule has 21 heavy (non-hydrogen) atoms. The van der Waals surface area contributed by atoms with E-state index in [0.717, 1.165) is 10.8 Å². The number of aromatic carboxylic acids is 1. The lowest BCUT2D eigenvalue weighted by Crippen LogP contribution is -1.96. The molecule has 3 nitrogen and oxygen atoms in total. The van der Waals surface area contributed by atoms with Gasteiger partial charge >= 0.3 is 5.97 Å². The Bertz CT molecular complexity index is 827. The van der Waals surface area contributed by atoms with E-state index in [4.69, 9.17) is 9.84 Å². The first-order valence-electron chi connectivity index (χ1n) is 6.32. The van der Waals surface area contributed by atoms with Crippen LogP contribution in [0.2, 0.25) is 0 Å². The summed E-state index contributed by atoms with van der Waals surface area (Å²) in [6, 6.07) is 18.5. The van der Waals surface area contributed by atoms with Crippen LogP contribution >= 0.6 is 15.9 Å². The summed E-state index contributed by atoms with van der Waals surface area (Å²) < 4.78 is 6.43. The predicted molar refractivity (Wildman–Crippen MR) is 85.1 cm³/mol. The first-order chi connectivity index (χ1) is 10.1. The SMILES string of the molecule is O=C(O)c1cc(Br)cc(Oc2ccc3ccccc3c2)c1. The van der Waals surface area contributed by atoms with Gasteiger partial charge in [-0.05, 0) is 41.1 Å². The molecule has 0 spiro atoms. The van der Waals surface area contributed by atoms with E-state index in [2.05, 4.69) is 15.9 Å². The number of fused-ring (bicyclic) bond motifs is 1. The summed E-state index contributed by atoms with van der Waals surface area (Å²) in [5, 5.41) is 11.3. The minimum Gasteiger partial charge on any atom is -0.478 e. The van der Waals surface area contributed by atoms with Crippen LogP contribution in [0, 0.1) is 0 Å². The number of rotatable bonds is 3. The largest absolute Gasteiger partial charge is 0.478 e. The standard InChI is InChI=1S/C17H11BrO3/c18-14-7-13(17(19)20)9-16(10-14)21-15-6-5-11-3-1-2-4-12(11)8-15/h1-10H,(H,19,20). The van der Waals surface area contributed by atoms with Crippen molar-refractivity contribution in [2.45, 2.75) is 0 Å². The fraction of sp³-hybridized carbons (Fsp3) is 0. The second-order valence-electron chi connectivity index (χ2n) is 4.59. The molecule has 0 saturated carbocycles. The molecule has 0 bridgehead atoms. The van der Waals surface area contributed by atoms with Gasteiger partial charge in [0.25, 0.3) is 0 Å². The lowest BCUT2D eigenvalue weighted by atomic mass is 10.1. The summed E-state index contributed by atoms with van der Waals surface area (Å²) in [6.07, 6.45) is 0. The van der Waals surface area contributed by atoms with E-state index >= 15 is 0 Å². The number of ether oxygens (including phenoxy) is 1. The normalized spacial score (nSPS) is 10.5. The van der Waals surface area contributed by atoms with Gasteiger partial charge in [0.15, 0.2) is 0 Å². The molecule has 3 aromatic carbocycles. The maximum absolute atomic E-state index is 11.1. The topological polar surface area (TPSA) is 46.5 Å². The second-order valence-corrected chi connectivity index (χ2v) is 5.51. The third kappa shape index (κ3) is 3.06. The van der Waals surface area contributed by atoms with Crippen LogP contribution in [0.1, 0.15) is 10.4 Å². The number of carbonyl (C=O) groups is 1. The highest BCUT2D eigenvalue weighted by molar-refractivity contribution is 9.10. The monoisotopic (exact) mass is 342 g/mol. The second kappa shape index (κ2) is 5.58. The molecule has 0 saturated heterocycles. The van der Waals surface area contributed by atoms with E-state index in [1.165, 1.54) is 12.1 Å².